The molecule has 1 nitrogen and oxygen atoms in total. The Hall–Kier alpha value is -1.60. The van der Waals surface area contributed by atoms with E-state index in [9.17, 15) is 0 Å². The third-order valence-electron chi connectivity index (χ3n) is 2.42. The minimum absolute atomic E-state index is 0.508. The van der Waals surface area contributed by atoms with Crippen LogP contribution in [0.15, 0.2) is 49.0 Å². The van der Waals surface area contributed by atoms with E-state index in [0.717, 1.165) is 11.1 Å². The van der Waals surface area contributed by atoms with Gasteiger partial charge >= 0.3 is 0 Å². The predicted octanol–water partition coefficient (Wildman–Crippen LogP) is 2.81. The SMILES string of the molecule is C=C(CN)c1cccc2ccccc12. The van der Waals surface area contributed by atoms with Crippen molar-refractivity contribution in [2.45, 2.75) is 0 Å². The second-order valence-corrected chi connectivity index (χ2v) is 3.33. The highest BCUT2D eigenvalue weighted by Crippen LogP contribution is 2.23. The molecule has 70 valence electrons. The van der Waals surface area contributed by atoms with Crippen LogP contribution in [0.5, 0.6) is 0 Å². The van der Waals surface area contributed by atoms with Gasteiger partial charge in [-0.2, -0.15) is 0 Å². The molecule has 0 fully saturated rings. The summed E-state index contributed by atoms with van der Waals surface area (Å²) in [5.74, 6) is 0. The van der Waals surface area contributed by atoms with Crippen molar-refractivity contribution in [2.24, 2.45) is 5.73 Å². The van der Waals surface area contributed by atoms with Gasteiger partial charge < -0.3 is 5.73 Å². The second kappa shape index (κ2) is 3.64. The average Bonchev–Trinajstić information content (AvgIpc) is 2.27. The molecule has 14 heavy (non-hydrogen) atoms. The summed E-state index contributed by atoms with van der Waals surface area (Å²) in [7, 11) is 0. The molecule has 0 aliphatic heterocycles. The van der Waals surface area contributed by atoms with Gasteiger partial charge in [-0.1, -0.05) is 49.0 Å². The maximum absolute atomic E-state index is 5.60. The molecule has 0 spiro atoms. The molecule has 2 N–H and O–H groups in total. The van der Waals surface area contributed by atoms with E-state index in [1.54, 1.807) is 0 Å². The number of fused-ring (bicyclic) bond motifs is 1. The number of hydrogen-bond acceptors (Lipinski definition) is 1. The maximum Gasteiger partial charge on any atom is 0.0178 e. The summed E-state index contributed by atoms with van der Waals surface area (Å²) in [5.41, 5.74) is 7.74. The summed E-state index contributed by atoms with van der Waals surface area (Å²) >= 11 is 0. The predicted molar refractivity (Wildman–Crippen MR) is 62.0 cm³/mol. The fourth-order valence-electron chi connectivity index (χ4n) is 1.64. The smallest absolute Gasteiger partial charge is 0.0178 e. The Bertz CT molecular complexity index is 466. The van der Waals surface area contributed by atoms with Gasteiger partial charge in [0, 0.05) is 6.54 Å². The molecule has 0 amide bonds. The molecule has 2 aromatic rings. The van der Waals surface area contributed by atoms with Crippen LogP contribution in [0.4, 0.5) is 0 Å². The van der Waals surface area contributed by atoms with Crippen LogP contribution in [0.3, 0.4) is 0 Å². The van der Waals surface area contributed by atoms with E-state index in [1.807, 2.05) is 18.2 Å². The highest BCUT2D eigenvalue weighted by atomic mass is 14.5. The van der Waals surface area contributed by atoms with Gasteiger partial charge in [-0.3, -0.25) is 0 Å². The average molecular weight is 183 g/mol. The molecular formula is C13H13N. The van der Waals surface area contributed by atoms with Gasteiger partial charge in [-0.05, 0) is 21.9 Å². The number of rotatable bonds is 2. The Morgan fingerprint density at radius 1 is 1.07 bits per heavy atom. The zero-order valence-corrected chi connectivity index (χ0v) is 8.03. The van der Waals surface area contributed by atoms with E-state index in [2.05, 4.69) is 30.8 Å². The highest BCUT2D eigenvalue weighted by molar-refractivity contribution is 5.93. The van der Waals surface area contributed by atoms with Crippen LogP contribution in [0.2, 0.25) is 0 Å². The Labute approximate surface area is 83.9 Å². The van der Waals surface area contributed by atoms with Crippen LogP contribution < -0.4 is 5.73 Å². The third kappa shape index (κ3) is 1.42. The number of benzene rings is 2. The Balaban J connectivity index is 2.71. The first kappa shape index (κ1) is 8.97. The first-order valence-electron chi connectivity index (χ1n) is 4.69. The van der Waals surface area contributed by atoms with Crippen LogP contribution in [-0.2, 0) is 0 Å². The minimum atomic E-state index is 0.508. The van der Waals surface area contributed by atoms with Crippen LogP contribution in [0.25, 0.3) is 16.3 Å². The van der Waals surface area contributed by atoms with Gasteiger partial charge in [0.05, 0.1) is 0 Å². The maximum atomic E-state index is 5.60. The summed E-state index contributed by atoms with van der Waals surface area (Å²) in [4.78, 5) is 0. The molecular weight excluding hydrogens is 170 g/mol. The highest BCUT2D eigenvalue weighted by Gasteiger charge is 2.01. The summed E-state index contributed by atoms with van der Waals surface area (Å²) in [6.07, 6.45) is 0. The van der Waals surface area contributed by atoms with E-state index < -0.39 is 0 Å². The molecule has 0 saturated heterocycles. The van der Waals surface area contributed by atoms with E-state index >= 15 is 0 Å². The van der Waals surface area contributed by atoms with Crippen molar-refractivity contribution in [1.29, 1.82) is 0 Å². The molecule has 0 radical (unpaired) electrons. The molecule has 1 heteroatoms. The molecule has 0 aliphatic rings. The first-order chi connectivity index (χ1) is 6.83. The number of hydrogen-bond donors (Lipinski definition) is 1. The normalized spacial score (nSPS) is 10.4. The van der Waals surface area contributed by atoms with Crippen molar-refractivity contribution in [3.8, 4) is 0 Å². The van der Waals surface area contributed by atoms with Crippen LogP contribution in [0.1, 0.15) is 5.56 Å². The lowest BCUT2D eigenvalue weighted by molar-refractivity contribution is 1.28. The van der Waals surface area contributed by atoms with Gasteiger partial charge in [-0.15, -0.1) is 0 Å². The monoisotopic (exact) mass is 183 g/mol. The fraction of sp³-hybridized carbons (Fsp3) is 0.0769. The molecule has 0 saturated carbocycles. The van der Waals surface area contributed by atoms with E-state index in [0.29, 0.717) is 6.54 Å². The van der Waals surface area contributed by atoms with Crippen molar-refractivity contribution in [3.05, 3.63) is 54.6 Å². The fourth-order valence-corrected chi connectivity index (χ4v) is 1.64. The van der Waals surface area contributed by atoms with Gasteiger partial charge in [0.25, 0.3) is 0 Å². The first-order valence-corrected chi connectivity index (χ1v) is 4.69. The Morgan fingerprint density at radius 2 is 1.79 bits per heavy atom. The van der Waals surface area contributed by atoms with Crippen molar-refractivity contribution in [1.82, 2.24) is 0 Å². The molecule has 0 aliphatic carbocycles. The molecule has 2 aromatic carbocycles. The largest absolute Gasteiger partial charge is 0.326 e. The Morgan fingerprint density at radius 3 is 2.57 bits per heavy atom. The van der Waals surface area contributed by atoms with Gasteiger partial charge in [0.2, 0.25) is 0 Å². The number of nitrogens with two attached hydrogens (primary N) is 1. The molecule has 0 bridgehead atoms. The van der Waals surface area contributed by atoms with Crippen molar-refractivity contribution in [2.75, 3.05) is 6.54 Å². The zero-order chi connectivity index (χ0) is 9.97. The lowest BCUT2D eigenvalue weighted by Gasteiger charge is -2.07. The van der Waals surface area contributed by atoms with E-state index in [4.69, 9.17) is 5.73 Å². The van der Waals surface area contributed by atoms with Gasteiger partial charge in [-0.25, -0.2) is 0 Å². The topological polar surface area (TPSA) is 26.0 Å². The van der Waals surface area contributed by atoms with Crippen molar-refractivity contribution >= 4 is 16.3 Å². The molecule has 0 unspecified atom stereocenters. The lowest BCUT2D eigenvalue weighted by Crippen LogP contribution is -2.01. The standard InChI is InChI=1S/C13H13N/c1-10(9-14)12-8-4-6-11-5-2-3-7-13(11)12/h2-8H,1,9,14H2. The molecule has 0 aromatic heterocycles. The molecule has 0 heterocycles. The minimum Gasteiger partial charge on any atom is -0.326 e. The molecule has 0 atom stereocenters. The van der Waals surface area contributed by atoms with Crippen LogP contribution >= 0.6 is 0 Å². The van der Waals surface area contributed by atoms with E-state index in [-0.39, 0.29) is 0 Å². The summed E-state index contributed by atoms with van der Waals surface area (Å²) < 4.78 is 0. The van der Waals surface area contributed by atoms with Gasteiger partial charge in [0.15, 0.2) is 0 Å². The summed E-state index contributed by atoms with van der Waals surface area (Å²) in [5, 5.41) is 2.46. The van der Waals surface area contributed by atoms with Gasteiger partial charge in [0.1, 0.15) is 0 Å². The zero-order valence-electron chi connectivity index (χ0n) is 8.03. The Kier molecular flexibility index (Phi) is 2.33. The quantitative estimate of drug-likeness (QED) is 0.761. The molecule has 2 rings (SSSR count). The van der Waals surface area contributed by atoms with Crippen LogP contribution in [-0.4, -0.2) is 6.54 Å². The third-order valence-corrected chi connectivity index (χ3v) is 2.42. The van der Waals surface area contributed by atoms with Crippen molar-refractivity contribution in [3.63, 3.8) is 0 Å². The lowest BCUT2D eigenvalue weighted by atomic mass is 9.99. The summed E-state index contributed by atoms with van der Waals surface area (Å²) in [6, 6.07) is 14.5. The van der Waals surface area contributed by atoms with E-state index in [1.165, 1.54) is 10.8 Å². The van der Waals surface area contributed by atoms with Crippen LogP contribution in [0, 0.1) is 0 Å². The summed E-state index contributed by atoms with van der Waals surface area (Å²) in [6.45, 7) is 4.48. The van der Waals surface area contributed by atoms with Crippen molar-refractivity contribution < 1.29 is 0 Å². The second-order valence-electron chi connectivity index (χ2n) is 3.33.